The molecule has 3 nitrogen and oxygen atoms in total. The van der Waals surface area contributed by atoms with Gasteiger partial charge < -0.3 is 14.8 Å². The number of hydrogen-bond acceptors (Lipinski definition) is 3. The summed E-state index contributed by atoms with van der Waals surface area (Å²) in [6.07, 6.45) is 6.46. The Morgan fingerprint density at radius 2 is 2.24 bits per heavy atom. The van der Waals surface area contributed by atoms with Crippen molar-refractivity contribution in [2.75, 3.05) is 20.3 Å². The molecule has 1 aliphatic heterocycles. The van der Waals surface area contributed by atoms with E-state index >= 15 is 0 Å². The van der Waals surface area contributed by atoms with Gasteiger partial charge in [0, 0.05) is 19.2 Å². The van der Waals surface area contributed by atoms with Gasteiger partial charge in [0.25, 0.3) is 0 Å². The standard InChI is InChI=1S/C18H27NO2/c1-3-18-14(9-10-21-18)12-19-17-6-4-5-13-11-15(20-2)7-8-16(13)17/h7-8,11,14,17-19H,3-6,9-10,12H2,1-2H3. The summed E-state index contributed by atoms with van der Waals surface area (Å²) in [5.74, 6) is 1.66. The minimum Gasteiger partial charge on any atom is -0.497 e. The molecule has 1 heterocycles. The van der Waals surface area contributed by atoms with Crippen LogP contribution in [0.4, 0.5) is 0 Å². The highest BCUT2D eigenvalue weighted by Gasteiger charge is 2.28. The van der Waals surface area contributed by atoms with E-state index in [-0.39, 0.29) is 0 Å². The van der Waals surface area contributed by atoms with Gasteiger partial charge >= 0.3 is 0 Å². The van der Waals surface area contributed by atoms with Crippen molar-refractivity contribution >= 4 is 0 Å². The van der Waals surface area contributed by atoms with E-state index in [1.807, 2.05) is 0 Å². The van der Waals surface area contributed by atoms with Crippen molar-refractivity contribution < 1.29 is 9.47 Å². The van der Waals surface area contributed by atoms with E-state index < -0.39 is 0 Å². The van der Waals surface area contributed by atoms with Gasteiger partial charge in [0.2, 0.25) is 0 Å². The molecule has 116 valence electrons. The number of rotatable bonds is 5. The zero-order chi connectivity index (χ0) is 14.7. The Hall–Kier alpha value is -1.06. The summed E-state index contributed by atoms with van der Waals surface area (Å²) in [5, 5.41) is 3.80. The summed E-state index contributed by atoms with van der Waals surface area (Å²) in [4.78, 5) is 0. The average Bonchev–Trinajstić information content (AvgIpc) is 2.99. The van der Waals surface area contributed by atoms with Gasteiger partial charge in [-0.25, -0.2) is 0 Å². The molecule has 1 saturated heterocycles. The van der Waals surface area contributed by atoms with Crippen LogP contribution in [0, 0.1) is 5.92 Å². The lowest BCUT2D eigenvalue weighted by Crippen LogP contribution is -2.32. The highest BCUT2D eigenvalue weighted by molar-refractivity contribution is 5.39. The Bertz CT molecular complexity index is 474. The van der Waals surface area contributed by atoms with Crippen LogP contribution in [0.15, 0.2) is 18.2 Å². The predicted molar refractivity (Wildman–Crippen MR) is 84.8 cm³/mol. The van der Waals surface area contributed by atoms with E-state index in [1.165, 1.54) is 36.8 Å². The molecule has 0 saturated carbocycles. The van der Waals surface area contributed by atoms with Gasteiger partial charge in [-0.15, -0.1) is 0 Å². The lowest BCUT2D eigenvalue weighted by molar-refractivity contribution is 0.0864. The van der Waals surface area contributed by atoms with Crippen LogP contribution in [-0.4, -0.2) is 26.4 Å². The zero-order valence-corrected chi connectivity index (χ0v) is 13.2. The Kier molecular flexibility index (Phi) is 4.81. The van der Waals surface area contributed by atoms with Crippen molar-refractivity contribution in [3.05, 3.63) is 29.3 Å². The van der Waals surface area contributed by atoms with Crippen LogP contribution in [0.2, 0.25) is 0 Å². The van der Waals surface area contributed by atoms with Gasteiger partial charge in [-0.2, -0.15) is 0 Å². The summed E-state index contributed by atoms with van der Waals surface area (Å²) in [6, 6.07) is 7.04. The first-order valence-electron chi connectivity index (χ1n) is 8.33. The van der Waals surface area contributed by atoms with Crippen molar-refractivity contribution in [1.82, 2.24) is 5.32 Å². The van der Waals surface area contributed by atoms with E-state index in [9.17, 15) is 0 Å². The van der Waals surface area contributed by atoms with Crippen molar-refractivity contribution in [3.8, 4) is 5.75 Å². The largest absolute Gasteiger partial charge is 0.497 e. The lowest BCUT2D eigenvalue weighted by Gasteiger charge is -2.29. The van der Waals surface area contributed by atoms with Crippen LogP contribution in [0.25, 0.3) is 0 Å². The zero-order valence-electron chi connectivity index (χ0n) is 13.2. The van der Waals surface area contributed by atoms with Crippen LogP contribution >= 0.6 is 0 Å². The normalized spacial score (nSPS) is 28.4. The molecule has 21 heavy (non-hydrogen) atoms. The summed E-state index contributed by atoms with van der Waals surface area (Å²) in [7, 11) is 1.74. The van der Waals surface area contributed by atoms with Gasteiger partial charge in [0.15, 0.2) is 0 Å². The monoisotopic (exact) mass is 289 g/mol. The van der Waals surface area contributed by atoms with Crippen LogP contribution in [0.1, 0.15) is 49.8 Å². The highest BCUT2D eigenvalue weighted by atomic mass is 16.5. The van der Waals surface area contributed by atoms with E-state index in [2.05, 4.69) is 30.4 Å². The molecule has 0 bridgehead atoms. The number of fused-ring (bicyclic) bond motifs is 1. The molecule has 0 amide bonds. The Morgan fingerprint density at radius 1 is 1.33 bits per heavy atom. The first-order valence-corrected chi connectivity index (χ1v) is 8.33. The average molecular weight is 289 g/mol. The van der Waals surface area contributed by atoms with E-state index in [0.29, 0.717) is 18.1 Å². The van der Waals surface area contributed by atoms with Gasteiger partial charge in [-0.3, -0.25) is 0 Å². The fourth-order valence-electron chi connectivity index (χ4n) is 3.80. The Labute approximate surface area is 128 Å². The first-order chi connectivity index (χ1) is 10.3. The van der Waals surface area contributed by atoms with Crippen molar-refractivity contribution in [2.24, 2.45) is 5.92 Å². The van der Waals surface area contributed by atoms with Gasteiger partial charge in [-0.1, -0.05) is 13.0 Å². The fraction of sp³-hybridized carbons (Fsp3) is 0.667. The molecule has 1 fully saturated rings. The maximum absolute atomic E-state index is 5.80. The molecule has 0 aromatic heterocycles. The molecule has 3 atom stereocenters. The van der Waals surface area contributed by atoms with E-state index in [4.69, 9.17) is 9.47 Å². The minimum atomic E-state index is 0.455. The maximum Gasteiger partial charge on any atom is 0.119 e. The smallest absolute Gasteiger partial charge is 0.119 e. The molecule has 1 N–H and O–H groups in total. The Balaban J connectivity index is 1.65. The van der Waals surface area contributed by atoms with Crippen LogP contribution < -0.4 is 10.1 Å². The molecular weight excluding hydrogens is 262 g/mol. The third-order valence-electron chi connectivity index (χ3n) is 5.04. The number of aryl methyl sites for hydroxylation is 1. The molecular formula is C18H27NO2. The third kappa shape index (κ3) is 3.24. The molecule has 3 unspecified atom stereocenters. The molecule has 2 aliphatic rings. The van der Waals surface area contributed by atoms with Crippen molar-refractivity contribution in [1.29, 1.82) is 0 Å². The first kappa shape index (κ1) is 14.9. The predicted octanol–water partition coefficient (Wildman–Crippen LogP) is 3.48. The second-order valence-electron chi connectivity index (χ2n) is 6.28. The third-order valence-corrected chi connectivity index (χ3v) is 5.04. The second kappa shape index (κ2) is 6.80. The Morgan fingerprint density at radius 3 is 3.05 bits per heavy atom. The van der Waals surface area contributed by atoms with Crippen LogP contribution in [0.3, 0.4) is 0 Å². The van der Waals surface area contributed by atoms with Gasteiger partial charge in [0.1, 0.15) is 5.75 Å². The molecule has 0 spiro atoms. The summed E-state index contributed by atoms with van der Waals surface area (Å²) in [6.45, 7) is 4.24. The number of benzene rings is 1. The topological polar surface area (TPSA) is 30.5 Å². The van der Waals surface area contributed by atoms with Crippen molar-refractivity contribution in [3.63, 3.8) is 0 Å². The SMILES string of the molecule is CCC1OCCC1CNC1CCCc2cc(OC)ccc21. The van der Waals surface area contributed by atoms with E-state index in [1.54, 1.807) is 7.11 Å². The summed E-state index contributed by atoms with van der Waals surface area (Å²) in [5.41, 5.74) is 2.92. The van der Waals surface area contributed by atoms with Gasteiger partial charge in [-0.05, 0) is 61.3 Å². The van der Waals surface area contributed by atoms with Crippen LogP contribution in [-0.2, 0) is 11.2 Å². The van der Waals surface area contributed by atoms with E-state index in [0.717, 1.165) is 25.3 Å². The quantitative estimate of drug-likeness (QED) is 0.900. The number of nitrogens with one attached hydrogen (secondary N) is 1. The molecule has 1 aromatic carbocycles. The molecule has 1 aromatic rings. The molecule has 3 heteroatoms. The molecule has 3 rings (SSSR count). The number of hydrogen-bond donors (Lipinski definition) is 1. The fourth-order valence-corrected chi connectivity index (χ4v) is 3.80. The van der Waals surface area contributed by atoms with Crippen molar-refractivity contribution in [2.45, 2.75) is 51.2 Å². The second-order valence-corrected chi connectivity index (χ2v) is 6.28. The minimum absolute atomic E-state index is 0.455. The number of methoxy groups -OCH3 is 1. The summed E-state index contributed by atoms with van der Waals surface area (Å²) >= 11 is 0. The molecule has 0 radical (unpaired) electrons. The highest BCUT2D eigenvalue weighted by Crippen LogP contribution is 2.33. The number of ether oxygens (including phenoxy) is 2. The summed E-state index contributed by atoms with van der Waals surface area (Å²) < 4.78 is 11.1. The lowest BCUT2D eigenvalue weighted by atomic mass is 9.87. The maximum atomic E-state index is 5.80. The molecule has 1 aliphatic carbocycles. The van der Waals surface area contributed by atoms with Crippen LogP contribution in [0.5, 0.6) is 5.75 Å². The van der Waals surface area contributed by atoms with Gasteiger partial charge in [0.05, 0.1) is 13.2 Å².